The summed E-state index contributed by atoms with van der Waals surface area (Å²) >= 11 is 0.364. The monoisotopic (exact) mass is 816 g/mol. The van der Waals surface area contributed by atoms with Gasteiger partial charge in [-0.2, -0.15) is 0 Å². The number of nitrogens with one attached hydrogen (secondary N) is 2. The summed E-state index contributed by atoms with van der Waals surface area (Å²) in [6.45, 7) is 5.25. The van der Waals surface area contributed by atoms with E-state index < -0.39 is 108 Å². The van der Waals surface area contributed by atoms with Gasteiger partial charge in [0.2, 0.25) is 10.8 Å². The second-order valence-electron chi connectivity index (χ2n) is 12.7. The first-order valence-electron chi connectivity index (χ1n) is 17.4. The summed E-state index contributed by atoms with van der Waals surface area (Å²) in [5.74, 6) is -6.21. The van der Waals surface area contributed by atoms with Gasteiger partial charge in [-0.1, -0.05) is 36.4 Å². The predicted molar refractivity (Wildman–Crippen MR) is 198 cm³/mol. The number of carbonyl (C=O) groups excluding carboxylic acids is 9. The van der Waals surface area contributed by atoms with Gasteiger partial charge in [-0.3, -0.25) is 38.4 Å². The molecule has 1 aliphatic heterocycles. The maximum atomic E-state index is 13.4. The summed E-state index contributed by atoms with van der Waals surface area (Å²) in [7, 11) is 1.01. The van der Waals surface area contributed by atoms with Crippen LogP contribution in [0.15, 0.2) is 48.5 Å². The van der Waals surface area contributed by atoms with Crippen molar-refractivity contribution in [1.82, 2.24) is 10.6 Å². The normalized spacial score (nSPS) is 19.7. The molecule has 2 N–H and O–H groups in total. The van der Waals surface area contributed by atoms with E-state index in [4.69, 9.17) is 33.2 Å². The van der Waals surface area contributed by atoms with E-state index in [0.29, 0.717) is 23.1 Å². The molecule has 0 aliphatic carbocycles. The van der Waals surface area contributed by atoms with Crippen molar-refractivity contribution in [2.45, 2.75) is 89.8 Å². The number of hydrogen-bond acceptors (Lipinski definition) is 17. The first-order valence-corrected chi connectivity index (χ1v) is 18.2. The molecular formula is C38H44N2O16S. The summed E-state index contributed by atoms with van der Waals surface area (Å²) in [6, 6.07) is 12.3. The third-order valence-electron chi connectivity index (χ3n) is 7.99. The van der Waals surface area contributed by atoms with Crippen molar-refractivity contribution in [3.63, 3.8) is 0 Å². The van der Waals surface area contributed by atoms with E-state index in [-0.39, 0.29) is 6.42 Å². The van der Waals surface area contributed by atoms with E-state index in [0.717, 1.165) is 52.9 Å². The number of esters is 6. The molecule has 2 aromatic carbocycles. The van der Waals surface area contributed by atoms with Crippen LogP contribution >= 0.6 is 11.8 Å². The lowest BCUT2D eigenvalue weighted by atomic mass is 9.89. The number of rotatable bonds is 16. The van der Waals surface area contributed by atoms with E-state index in [1.54, 1.807) is 48.5 Å². The van der Waals surface area contributed by atoms with E-state index in [9.17, 15) is 43.2 Å². The van der Waals surface area contributed by atoms with Crippen molar-refractivity contribution in [1.29, 1.82) is 0 Å². The minimum absolute atomic E-state index is 0.152. The molecule has 0 bridgehead atoms. The summed E-state index contributed by atoms with van der Waals surface area (Å²) in [6.07, 6.45) is -7.34. The molecule has 3 rings (SSSR count). The van der Waals surface area contributed by atoms with Crippen molar-refractivity contribution in [2.75, 3.05) is 20.3 Å². The second kappa shape index (κ2) is 20.9. The van der Waals surface area contributed by atoms with Crippen molar-refractivity contribution in [3.05, 3.63) is 54.1 Å². The van der Waals surface area contributed by atoms with Crippen LogP contribution in [0.4, 0.5) is 0 Å². The molecule has 6 atom stereocenters. The molecule has 19 heteroatoms. The van der Waals surface area contributed by atoms with Gasteiger partial charge in [0, 0.05) is 48.0 Å². The topological polar surface area (TPSA) is 242 Å². The zero-order valence-electron chi connectivity index (χ0n) is 32.3. The Morgan fingerprint density at radius 1 is 0.772 bits per heavy atom. The average molecular weight is 817 g/mol. The lowest BCUT2D eigenvalue weighted by Gasteiger charge is -2.48. The molecule has 0 spiro atoms. The third kappa shape index (κ3) is 14.0. The number of thioether (sulfide) groups is 1. The highest BCUT2D eigenvalue weighted by Crippen LogP contribution is 2.43. The van der Waals surface area contributed by atoms with Crippen LogP contribution in [0, 0.1) is 0 Å². The summed E-state index contributed by atoms with van der Waals surface area (Å²) in [5.41, 5.74) is 2.22. The van der Waals surface area contributed by atoms with Crippen LogP contribution in [-0.2, 0) is 78.0 Å². The molecule has 18 nitrogen and oxygen atoms in total. The van der Waals surface area contributed by atoms with Crippen LogP contribution in [-0.4, -0.2) is 108 Å². The third-order valence-corrected chi connectivity index (χ3v) is 9.03. The highest BCUT2D eigenvalue weighted by molar-refractivity contribution is 8.15. The van der Waals surface area contributed by atoms with E-state index in [2.05, 4.69) is 10.6 Å². The Balaban J connectivity index is 1.98. The molecule has 1 aliphatic rings. The van der Waals surface area contributed by atoms with Crippen LogP contribution in [0.25, 0.3) is 11.1 Å². The van der Waals surface area contributed by atoms with Crippen LogP contribution in [0.1, 0.15) is 53.5 Å². The van der Waals surface area contributed by atoms with Gasteiger partial charge < -0.3 is 43.8 Å². The molecule has 0 saturated carbocycles. The highest BCUT2D eigenvalue weighted by Gasteiger charge is 2.59. The van der Waals surface area contributed by atoms with Gasteiger partial charge in [0.25, 0.3) is 5.91 Å². The Bertz CT molecular complexity index is 1830. The van der Waals surface area contributed by atoms with E-state index >= 15 is 0 Å². The van der Waals surface area contributed by atoms with Crippen LogP contribution in [0.3, 0.4) is 0 Å². The molecule has 1 saturated heterocycles. The Morgan fingerprint density at radius 2 is 1.37 bits per heavy atom. The molecule has 2 aromatic rings. The number of amides is 2. The van der Waals surface area contributed by atoms with Gasteiger partial charge in [0.15, 0.2) is 23.9 Å². The van der Waals surface area contributed by atoms with Gasteiger partial charge in [-0.05, 0) is 40.6 Å². The Hall–Kier alpha value is -5.82. The minimum Gasteiger partial charge on any atom is -0.466 e. The fraction of sp³-hybridized carbons (Fsp3) is 0.447. The smallest absolute Gasteiger partial charge is 0.349 e. The highest BCUT2D eigenvalue weighted by atomic mass is 32.2. The molecule has 0 radical (unpaired) electrons. The fourth-order valence-electron chi connectivity index (χ4n) is 5.88. The van der Waals surface area contributed by atoms with Crippen molar-refractivity contribution in [3.8, 4) is 16.9 Å². The average Bonchev–Trinajstić information content (AvgIpc) is 3.12. The molecule has 308 valence electrons. The fourth-order valence-corrected chi connectivity index (χ4v) is 6.92. The quantitative estimate of drug-likeness (QED) is 0.139. The molecule has 1 fully saturated rings. The zero-order valence-corrected chi connectivity index (χ0v) is 33.1. The van der Waals surface area contributed by atoms with Gasteiger partial charge in [0.1, 0.15) is 18.0 Å². The zero-order chi connectivity index (χ0) is 42.4. The lowest BCUT2D eigenvalue weighted by Crippen LogP contribution is -2.68. The van der Waals surface area contributed by atoms with Crippen molar-refractivity contribution in [2.24, 2.45) is 0 Å². The summed E-state index contributed by atoms with van der Waals surface area (Å²) < 4.78 is 37.7. The number of methoxy groups -OCH3 is 1. The number of ether oxygens (including phenoxy) is 7. The first-order chi connectivity index (χ1) is 26.8. The predicted octanol–water partition coefficient (Wildman–Crippen LogP) is 1.72. The second-order valence-corrected chi connectivity index (χ2v) is 14.1. The maximum absolute atomic E-state index is 13.4. The molecule has 2 amide bonds. The number of carbonyl (C=O) groups is 9. The van der Waals surface area contributed by atoms with Gasteiger partial charge >= 0.3 is 35.8 Å². The van der Waals surface area contributed by atoms with E-state index in [1.807, 2.05) is 0 Å². The van der Waals surface area contributed by atoms with Crippen LogP contribution < -0.4 is 15.4 Å². The molecule has 0 aromatic heterocycles. The molecule has 0 unspecified atom stereocenters. The number of benzene rings is 2. The van der Waals surface area contributed by atoms with Gasteiger partial charge in [-0.15, -0.1) is 0 Å². The maximum Gasteiger partial charge on any atom is 0.349 e. The first kappa shape index (κ1) is 45.6. The van der Waals surface area contributed by atoms with Crippen molar-refractivity contribution >= 4 is 64.5 Å². The standard InChI is InChI=1S/C38H44N2O16S/c1-20(41)51-19-33(48)40-34-30(53-22(3)43)17-38(37(49)50-7,57-25(6)46)56-36(34)35(55-24(5)45)31(54-23(4)44)18-39-32(47)16-26-8-10-27(11-9-26)28-12-14-29(15-13-28)52-21(2)42/h8-15,30-31,34-36H,16-19H2,1-7H3,(H,39,47)(H,40,48)/t30-,31+,34+,35+,36+,38-/m0/s1. The largest absolute Gasteiger partial charge is 0.466 e. The summed E-state index contributed by atoms with van der Waals surface area (Å²) in [4.78, 5) is 110. The summed E-state index contributed by atoms with van der Waals surface area (Å²) in [5, 5.41) is 4.50. The molecule has 57 heavy (non-hydrogen) atoms. The lowest BCUT2D eigenvalue weighted by molar-refractivity contribution is -0.221. The number of hydrogen-bond donors (Lipinski definition) is 2. The SMILES string of the molecule is COC(=O)[C@@]1(SC(C)=O)C[C@H](OC(C)=O)[C@@H](NC(=O)COC(C)=O)[C@H]([C@H](OC(C)=O)[C@@H](CNC(=O)Cc2ccc(-c3ccc(OC(C)=O)cc3)cc2)OC(C)=O)O1. The Kier molecular flexibility index (Phi) is 16.7. The van der Waals surface area contributed by atoms with E-state index in [1.165, 1.54) is 6.92 Å². The van der Waals surface area contributed by atoms with Gasteiger partial charge in [-0.25, -0.2) is 4.79 Å². The molecule has 1 heterocycles. The van der Waals surface area contributed by atoms with Crippen LogP contribution in [0.2, 0.25) is 0 Å². The van der Waals surface area contributed by atoms with Crippen LogP contribution in [0.5, 0.6) is 5.75 Å². The van der Waals surface area contributed by atoms with Gasteiger partial charge in [0.05, 0.1) is 26.1 Å². The Morgan fingerprint density at radius 3 is 1.88 bits per heavy atom. The Labute approximate surface area is 331 Å². The minimum atomic E-state index is -2.26. The molecular weight excluding hydrogens is 772 g/mol. The van der Waals surface area contributed by atoms with Crippen molar-refractivity contribution < 1.29 is 76.3 Å².